The summed E-state index contributed by atoms with van der Waals surface area (Å²) in [5.74, 6) is -0.645. The number of nitrogens with zero attached hydrogens (tertiary/aromatic N) is 1. The molecule has 1 aliphatic heterocycles. The molecule has 138 valence electrons. The largest absolute Gasteiger partial charge is 0.466 e. The number of hydrogen-bond acceptors (Lipinski definition) is 6. The SMILES string of the molecule is COC(=O)/C=C/N(CC[C@@H]1O[C@H]1[C@H](C)O)S(=O)(=O)c1ccc(C)cc1. The highest BCUT2D eigenvalue weighted by Crippen LogP contribution is 2.29. The average molecular weight is 369 g/mol. The maximum absolute atomic E-state index is 12.8. The third kappa shape index (κ3) is 5.04. The molecule has 1 aliphatic rings. The molecule has 0 bridgehead atoms. The van der Waals surface area contributed by atoms with Gasteiger partial charge in [0.1, 0.15) is 6.10 Å². The van der Waals surface area contributed by atoms with Crippen LogP contribution >= 0.6 is 0 Å². The predicted octanol–water partition coefficient (Wildman–Crippen LogP) is 1.21. The van der Waals surface area contributed by atoms with Crippen molar-refractivity contribution in [2.24, 2.45) is 0 Å². The van der Waals surface area contributed by atoms with E-state index in [0.29, 0.717) is 6.42 Å². The van der Waals surface area contributed by atoms with Gasteiger partial charge < -0.3 is 14.6 Å². The zero-order valence-electron chi connectivity index (χ0n) is 14.5. The van der Waals surface area contributed by atoms with Crippen LogP contribution in [0.3, 0.4) is 0 Å². The fourth-order valence-corrected chi connectivity index (χ4v) is 3.72. The fourth-order valence-electron chi connectivity index (χ4n) is 2.40. The lowest BCUT2D eigenvalue weighted by Crippen LogP contribution is -2.28. The van der Waals surface area contributed by atoms with Crippen molar-refractivity contribution >= 4 is 16.0 Å². The lowest BCUT2D eigenvalue weighted by atomic mass is 10.2. The number of esters is 1. The summed E-state index contributed by atoms with van der Waals surface area (Å²) in [6.45, 7) is 3.62. The number of carbonyl (C=O) groups is 1. The standard InChI is InChI=1S/C17H23NO6S/c1-12-4-6-14(7-5-12)25(21,22)18(11-9-16(20)23-3)10-8-15-17(24-15)13(2)19/h4-7,9,11,13,15,17,19H,8,10H2,1-3H3/b11-9+/t13-,15-,17-/m0/s1. The second-order valence-electron chi connectivity index (χ2n) is 5.94. The maximum atomic E-state index is 12.8. The van der Waals surface area contributed by atoms with Gasteiger partial charge in [-0.1, -0.05) is 17.7 Å². The monoisotopic (exact) mass is 369 g/mol. The number of benzene rings is 1. The highest BCUT2D eigenvalue weighted by molar-refractivity contribution is 7.89. The molecule has 7 nitrogen and oxygen atoms in total. The molecule has 1 saturated heterocycles. The van der Waals surface area contributed by atoms with Crippen LogP contribution in [0.2, 0.25) is 0 Å². The maximum Gasteiger partial charge on any atom is 0.331 e. The first kappa shape index (κ1) is 19.4. The number of aliphatic hydroxyl groups excluding tert-OH is 1. The molecule has 0 spiro atoms. The van der Waals surface area contributed by atoms with Gasteiger partial charge in [0.05, 0.1) is 24.2 Å². The minimum atomic E-state index is -3.81. The van der Waals surface area contributed by atoms with Crippen LogP contribution in [0, 0.1) is 6.92 Å². The minimum absolute atomic E-state index is 0.123. The van der Waals surface area contributed by atoms with E-state index in [1.54, 1.807) is 19.1 Å². The number of hydrogen-bond donors (Lipinski definition) is 1. The molecule has 3 atom stereocenters. The molecular formula is C17H23NO6S. The Bertz CT molecular complexity index is 726. The van der Waals surface area contributed by atoms with E-state index in [0.717, 1.165) is 15.9 Å². The Balaban J connectivity index is 2.16. The van der Waals surface area contributed by atoms with Gasteiger partial charge in [-0.15, -0.1) is 0 Å². The van der Waals surface area contributed by atoms with Gasteiger partial charge in [-0.2, -0.15) is 0 Å². The molecule has 25 heavy (non-hydrogen) atoms. The van der Waals surface area contributed by atoms with E-state index < -0.39 is 22.1 Å². The fraction of sp³-hybridized carbons (Fsp3) is 0.471. The van der Waals surface area contributed by atoms with Gasteiger partial charge in [0.2, 0.25) is 0 Å². The normalized spacial score (nSPS) is 21.1. The van der Waals surface area contributed by atoms with E-state index in [1.807, 2.05) is 6.92 Å². The smallest absolute Gasteiger partial charge is 0.331 e. The van der Waals surface area contributed by atoms with Gasteiger partial charge in [-0.05, 0) is 32.4 Å². The summed E-state index contributed by atoms with van der Waals surface area (Å²) in [4.78, 5) is 11.5. The second kappa shape index (κ2) is 7.99. The number of aliphatic hydroxyl groups is 1. The summed E-state index contributed by atoms with van der Waals surface area (Å²) in [7, 11) is -2.59. The Labute approximate surface area is 147 Å². The highest BCUT2D eigenvalue weighted by Gasteiger charge is 2.42. The minimum Gasteiger partial charge on any atom is -0.466 e. The van der Waals surface area contributed by atoms with Crippen molar-refractivity contribution in [2.45, 2.75) is 43.5 Å². The van der Waals surface area contributed by atoms with Crippen molar-refractivity contribution in [1.82, 2.24) is 4.31 Å². The number of aryl methyl sites for hydroxylation is 1. The van der Waals surface area contributed by atoms with E-state index in [4.69, 9.17) is 4.74 Å². The zero-order valence-corrected chi connectivity index (χ0v) is 15.3. The van der Waals surface area contributed by atoms with E-state index in [2.05, 4.69) is 4.74 Å². The Hall–Kier alpha value is -1.90. The Morgan fingerprint density at radius 1 is 1.40 bits per heavy atom. The number of rotatable bonds is 8. The van der Waals surface area contributed by atoms with Gasteiger partial charge in [-0.25, -0.2) is 13.2 Å². The number of methoxy groups -OCH3 is 1. The third-order valence-corrected chi connectivity index (χ3v) is 5.73. The molecule has 1 heterocycles. The number of ether oxygens (including phenoxy) is 2. The van der Waals surface area contributed by atoms with E-state index in [1.165, 1.54) is 25.4 Å². The molecule has 0 radical (unpaired) electrons. The van der Waals surface area contributed by atoms with Crippen molar-refractivity contribution in [3.8, 4) is 0 Å². The van der Waals surface area contributed by atoms with E-state index in [-0.39, 0.29) is 23.6 Å². The summed E-state index contributed by atoms with van der Waals surface area (Å²) in [6.07, 6.45) is 1.60. The van der Waals surface area contributed by atoms with Crippen molar-refractivity contribution in [3.63, 3.8) is 0 Å². The molecule has 1 N–H and O–H groups in total. The lowest BCUT2D eigenvalue weighted by Gasteiger charge is -2.20. The molecule has 0 amide bonds. The number of carbonyl (C=O) groups excluding carboxylic acids is 1. The van der Waals surface area contributed by atoms with Crippen molar-refractivity contribution < 1.29 is 27.8 Å². The van der Waals surface area contributed by atoms with Crippen LogP contribution in [0.15, 0.2) is 41.4 Å². The van der Waals surface area contributed by atoms with Crippen LogP contribution < -0.4 is 0 Å². The second-order valence-corrected chi connectivity index (χ2v) is 7.83. The molecule has 1 aromatic rings. The zero-order chi connectivity index (χ0) is 18.6. The van der Waals surface area contributed by atoms with Crippen LogP contribution in [0.25, 0.3) is 0 Å². The van der Waals surface area contributed by atoms with Crippen molar-refractivity contribution in [1.29, 1.82) is 0 Å². The Morgan fingerprint density at radius 2 is 2.04 bits per heavy atom. The molecule has 0 aromatic heterocycles. The first-order valence-corrected chi connectivity index (χ1v) is 9.38. The van der Waals surface area contributed by atoms with Gasteiger partial charge >= 0.3 is 5.97 Å². The molecular weight excluding hydrogens is 346 g/mol. The molecule has 1 fully saturated rings. The third-order valence-electron chi connectivity index (χ3n) is 3.94. The topological polar surface area (TPSA) is 96.4 Å². The Kier molecular flexibility index (Phi) is 6.21. The van der Waals surface area contributed by atoms with Crippen LogP contribution in [0.5, 0.6) is 0 Å². The van der Waals surface area contributed by atoms with Gasteiger partial charge in [0.15, 0.2) is 0 Å². The summed E-state index contributed by atoms with van der Waals surface area (Å²) in [5, 5.41) is 9.47. The van der Waals surface area contributed by atoms with Crippen LogP contribution in [-0.4, -0.2) is 55.8 Å². The molecule has 8 heteroatoms. The molecule has 0 aliphatic carbocycles. The van der Waals surface area contributed by atoms with Crippen molar-refractivity contribution in [3.05, 3.63) is 42.1 Å². The van der Waals surface area contributed by atoms with E-state index in [9.17, 15) is 18.3 Å². The highest BCUT2D eigenvalue weighted by atomic mass is 32.2. The Morgan fingerprint density at radius 3 is 2.56 bits per heavy atom. The first-order chi connectivity index (χ1) is 11.8. The first-order valence-electron chi connectivity index (χ1n) is 7.94. The number of epoxide rings is 1. The summed E-state index contributed by atoms with van der Waals surface area (Å²) in [6, 6.07) is 6.47. The molecule has 2 rings (SSSR count). The molecule has 1 aromatic carbocycles. The summed E-state index contributed by atoms with van der Waals surface area (Å²) >= 11 is 0. The van der Waals surface area contributed by atoms with Gasteiger partial charge in [0.25, 0.3) is 10.0 Å². The van der Waals surface area contributed by atoms with Crippen molar-refractivity contribution in [2.75, 3.05) is 13.7 Å². The van der Waals surface area contributed by atoms with Gasteiger partial charge in [-0.3, -0.25) is 4.31 Å². The predicted molar refractivity (Wildman–Crippen MR) is 91.2 cm³/mol. The molecule has 0 saturated carbocycles. The number of sulfonamides is 1. The average Bonchev–Trinajstić information content (AvgIpc) is 3.34. The van der Waals surface area contributed by atoms with Gasteiger partial charge in [0, 0.05) is 18.8 Å². The summed E-state index contributed by atoms with van der Waals surface area (Å²) in [5.41, 5.74) is 0.946. The van der Waals surface area contributed by atoms with Crippen LogP contribution in [-0.2, 0) is 24.3 Å². The lowest BCUT2D eigenvalue weighted by molar-refractivity contribution is -0.134. The molecule has 0 unspecified atom stereocenters. The summed E-state index contributed by atoms with van der Waals surface area (Å²) < 4.78 is 36.6. The quantitative estimate of drug-likeness (QED) is 0.420. The van der Waals surface area contributed by atoms with Crippen LogP contribution in [0.4, 0.5) is 0 Å². The van der Waals surface area contributed by atoms with Crippen LogP contribution in [0.1, 0.15) is 18.9 Å². The van der Waals surface area contributed by atoms with E-state index >= 15 is 0 Å².